The van der Waals surface area contributed by atoms with Gasteiger partial charge in [0.2, 0.25) is 5.91 Å². The Labute approximate surface area is 128 Å². The summed E-state index contributed by atoms with van der Waals surface area (Å²) in [7, 11) is 1.97. The molecular formula is C15H19N5O2. The van der Waals surface area contributed by atoms with E-state index in [1.807, 2.05) is 35.9 Å². The average Bonchev–Trinajstić information content (AvgIpc) is 3.10. The third-order valence-corrected chi connectivity index (χ3v) is 4.11. The summed E-state index contributed by atoms with van der Waals surface area (Å²) in [5.74, 6) is 0.750. The van der Waals surface area contributed by atoms with Gasteiger partial charge in [-0.25, -0.2) is 9.78 Å². The van der Waals surface area contributed by atoms with Gasteiger partial charge in [-0.1, -0.05) is 12.1 Å². The van der Waals surface area contributed by atoms with Crippen molar-refractivity contribution in [1.29, 1.82) is 0 Å². The highest BCUT2D eigenvalue weighted by Crippen LogP contribution is 2.32. The third kappa shape index (κ3) is 2.49. The van der Waals surface area contributed by atoms with E-state index in [0.29, 0.717) is 6.54 Å². The molecule has 116 valence electrons. The molecule has 1 unspecified atom stereocenters. The molecule has 1 aliphatic rings. The smallest absolute Gasteiger partial charge is 0.312 e. The van der Waals surface area contributed by atoms with Crippen LogP contribution in [0.25, 0.3) is 11.0 Å². The molecule has 0 radical (unpaired) electrons. The van der Waals surface area contributed by atoms with E-state index < -0.39 is 6.03 Å². The van der Waals surface area contributed by atoms with Crippen molar-refractivity contribution in [3.8, 4) is 0 Å². The number of amides is 3. The highest BCUT2D eigenvalue weighted by molar-refractivity contribution is 5.84. The molecule has 2 aromatic rings. The van der Waals surface area contributed by atoms with E-state index in [-0.39, 0.29) is 18.5 Å². The van der Waals surface area contributed by atoms with E-state index >= 15 is 0 Å². The molecule has 7 heteroatoms. The summed E-state index contributed by atoms with van der Waals surface area (Å²) < 4.78 is 2.03. The Bertz CT molecular complexity index is 724. The maximum Gasteiger partial charge on any atom is 0.312 e. The van der Waals surface area contributed by atoms with Crippen molar-refractivity contribution in [3.05, 3.63) is 30.1 Å². The largest absolute Gasteiger partial charge is 0.352 e. The molecule has 0 aliphatic carbocycles. The second-order valence-electron chi connectivity index (χ2n) is 5.48. The number of aryl methyl sites for hydroxylation is 1. The molecule has 22 heavy (non-hydrogen) atoms. The number of para-hydroxylation sites is 2. The van der Waals surface area contributed by atoms with Gasteiger partial charge >= 0.3 is 6.03 Å². The summed E-state index contributed by atoms with van der Waals surface area (Å²) in [5.41, 5.74) is 7.00. The molecule has 3 amide bonds. The number of nitrogens with two attached hydrogens (primary N) is 1. The van der Waals surface area contributed by atoms with Gasteiger partial charge in [0.15, 0.2) is 0 Å². The van der Waals surface area contributed by atoms with Gasteiger partial charge in [0, 0.05) is 13.6 Å². The van der Waals surface area contributed by atoms with E-state index in [9.17, 15) is 9.59 Å². The number of fused-ring (bicyclic) bond motifs is 1. The summed E-state index contributed by atoms with van der Waals surface area (Å²) in [4.78, 5) is 29.5. The van der Waals surface area contributed by atoms with Crippen molar-refractivity contribution in [2.45, 2.75) is 18.9 Å². The number of hydrogen-bond donors (Lipinski definition) is 2. The molecule has 3 N–H and O–H groups in total. The third-order valence-electron chi connectivity index (χ3n) is 4.11. The highest BCUT2D eigenvalue weighted by atomic mass is 16.2. The Balaban J connectivity index is 1.87. The Hall–Kier alpha value is -2.57. The average molecular weight is 301 g/mol. The molecule has 2 heterocycles. The number of rotatable bonds is 3. The van der Waals surface area contributed by atoms with Crippen molar-refractivity contribution < 1.29 is 9.59 Å². The number of nitrogens with zero attached hydrogens (tertiary/aromatic N) is 3. The van der Waals surface area contributed by atoms with Crippen LogP contribution in [0.2, 0.25) is 0 Å². The summed E-state index contributed by atoms with van der Waals surface area (Å²) >= 11 is 0. The lowest BCUT2D eigenvalue weighted by Gasteiger charge is -2.24. The van der Waals surface area contributed by atoms with Gasteiger partial charge < -0.3 is 20.5 Å². The van der Waals surface area contributed by atoms with E-state index in [4.69, 9.17) is 5.73 Å². The van der Waals surface area contributed by atoms with Gasteiger partial charge in [-0.3, -0.25) is 4.79 Å². The monoisotopic (exact) mass is 301 g/mol. The van der Waals surface area contributed by atoms with E-state index in [1.165, 1.54) is 0 Å². The number of urea groups is 1. The van der Waals surface area contributed by atoms with Crippen molar-refractivity contribution >= 4 is 23.0 Å². The maximum atomic E-state index is 12.3. The molecule has 1 fully saturated rings. The fourth-order valence-electron chi connectivity index (χ4n) is 3.06. The Morgan fingerprint density at radius 1 is 1.41 bits per heavy atom. The maximum absolute atomic E-state index is 12.3. The molecule has 0 spiro atoms. The molecule has 7 nitrogen and oxygen atoms in total. The number of carbonyl (C=O) groups is 2. The van der Waals surface area contributed by atoms with Crippen LogP contribution in [0.3, 0.4) is 0 Å². The Morgan fingerprint density at radius 2 is 2.18 bits per heavy atom. The first-order valence-electron chi connectivity index (χ1n) is 7.32. The number of primary amides is 1. The van der Waals surface area contributed by atoms with Crippen molar-refractivity contribution in [2.75, 3.05) is 13.1 Å². The van der Waals surface area contributed by atoms with E-state index in [1.54, 1.807) is 4.90 Å². The summed E-state index contributed by atoms with van der Waals surface area (Å²) in [5, 5.41) is 2.36. The molecule has 1 aromatic carbocycles. The van der Waals surface area contributed by atoms with Crippen LogP contribution in [0.5, 0.6) is 0 Å². The SMILES string of the molecule is Cn1c(C2CCCN2C(=O)CNC(N)=O)nc2ccccc21. The fraction of sp³-hybridized carbons (Fsp3) is 0.400. The highest BCUT2D eigenvalue weighted by Gasteiger charge is 2.32. The number of aromatic nitrogens is 2. The zero-order valence-corrected chi connectivity index (χ0v) is 12.5. The van der Waals surface area contributed by atoms with Gasteiger partial charge in [0.1, 0.15) is 5.82 Å². The Morgan fingerprint density at radius 3 is 2.91 bits per heavy atom. The van der Waals surface area contributed by atoms with E-state index in [2.05, 4.69) is 10.3 Å². The minimum Gasteiger partial charge on any atom is -0.352 e. The predicted molar refractivity (Wildman–Crippen MR) is 82.0 cm³/mol. The molecule has 1 aromatic heterocycles. The number of nitrogens with one attached hydrogen (secondary N) is 1. The lowest BCUT2D eigenvalue weighted by Crippen LogP contribution is -2.42. The van der Waals surface area contributed by atoms with E-state index in [0.717, 1.165) is 29.7 Å². The minimum absolute atomic E-state index is 0.0559. The van der Waals surface area contributed by atoms with Crippen molar-refractivity contribution in [3.63, 3.8) is 0 Å². The quantitative estimate of drug-likeness (QED) is 0.882. The van der Waals surface area contributed by atoms with Crippen LogP contribution in [0, 0.1) is 0 Å². The number of hydrogen-bond acceptors (Lipinski definition) is 3. The van der Waals surface area contributed by atoms with Crippen LogP contribution in [0.4, 0.5) is 4.79 Å². The van der Waals surface area contributed by atoms with Gasteiger partial charge in [0.25, 0.3) is 0 Å². The number of likely N-dealkylation sites (tertiary alicyclic amines) is 1. The molecule has 3 rings (SSSR count). The van der Waals surface area contributed by atoms with Gasteiger partial charge in [-0.05, 0) is 25.0 Å². The standard InChI is InChI=1S/C15H19N5O2/c1-19-11-6-3-2-5-10(11)18-14(19)12-7-4-8-20(12)13(21)9-17-15(16)22/h2-3,5-6,12H,4,7-9H2,1H3,(H3,16,17,22). The van der Waals surface area contributed by atoms with Crippen LogP contribution in [-0.2, 0) is 11.8 Å². The lowest BCUT2D eigenvalue weighted by molar-refractivity contribution is -0.131. The number of carbonyl (C=O) groups excluding carboxylic acids is 2. The van der Waals surface area contributed by atoms with Crippen LogP contribution in [0.15, 0.2) is 24.3 Å². The lowest BCUT2D eigenvalue weighted by atomic mass is 10.2. The van der Waals surface area contributed by atoms with Crippen LogP contribution < -0.4 is 11.1 Å². The van der Waals surface area contributed by atoms with Crippen LogP contribution in [-0.4, -0.2) is 39.5 Å². The first-order chi connectivity index (χ1) is 10.6. The topological polar surface area (TPSA) is 93.3 Å². The second kappa shape index (κ2) is 5.67. The van der Waals surface area contributed by atoms with Crippen molar-refractivity contribution in [2.24, 2.45) is 12.8 Å². The number of imidazole rings is 1. The summed E-state index contributed by atoms with van der Waals surface area (Å²) in [6.07, 6.45) is 1.80. The fourth-order valence-corrected chi connectivity index (χ4v) is 3.06. The molecule has 1 saturated heterocycles. The van der Waals surface area contributed by atoms with Crippen LogP contribution in [0.1, 0.15) is 24.7 Å². The first kappa shape index (κ1) is 14.4. The second-order valence-corrected chi connectivity index (χ2v) is 5.48. The zero-order chi connectivity index (χ0) is 15.7. The molecular weight excluding hydrogens is 282 g/mol. The van der Waals surface area contributed by atoms with Gasteiger partial charge in [0.05, 0.1) is 23.6 Å². The minimum atomic E-state index is -0.688. The van der Waals surface area contributed by atoms with Crippen LogP contribution >= 0.6 is 0 Å². The Kier molecular flexibility index (Phi) is 3.70. The molecule has 0 saturated carbocycles. The number of benzene rings is 1. The molecule has 1 aliphatic heterocycles. The summed E-state index contributed by atoms with van der Waals surface area (Å²) in [6.45, 7) is 0.600. The predicted octanol–water partition coefficient (Wildman–Crippen LogP) is 0.905. The van der Waals surface area contributed by atoms with Gasteiger partial charge in [-0.2, -0.15) is 0 Å². The van der Waals surface area contributed by atoms with Gasteiger partial charge in [-0.15, -0.1) is 0 Å². The van der Waals surface area contributed by atoms with Crippen molar-refractivity contribution in [1.82, 2.24) is 19.8 Å². The molecule has 1 atom stereocenters. The zero-order valence-electron chi connectivity index (χ0n) is 12.5. The first-order valence-corrected chi connectivity index (χ1v) is 7.32. The normalized spacial score (nSPS) is 17.9. The molecule has 0 bridgehead atoms. The summed E-state index contributed by atoms with van der Waals surface area (Å²) in [6, 6.07) is 7.16.